The first-order valence-corrected chi connectivity index (χ1v) is 7.26. The van der Waals surface area contributed by atoms with Crippen molar-refractivity contribution in [3.63, 3.8) is 0 Å². The van der Waals surface area contributed by atoms with Crippen LogP contribution in [0, 0.1) is 0 Å². The van der Waals surface area contributed by atoms with E-state index in [1.165, 1.54) is 14.2 Å². The second kappa shape index (κ2) is 8.36. The molecular formula is C15H19NO4S. The lowest BCUT2D eigenvalue weighted by molar-refractivity contribution is -0.138. The number of benzene rings is 1. The highest BCUT2D eigenvalue weighted by atomic mass is 32.2. The number of nitrogens with one attached hydrogen (secondary N) is 1. The molecule has 0 fully saturated rings. The molecule has 0 radical (unpaired) electrons. The Morgan fingerprint density at radius 2 is 1.86 bits per heavy atom. The van der Waals surface area contributed by atoms with E-state index in [9.17, 15) is 9.59 Å². The third-order valence-electron chi connectivity index (χ3n) is 2.39. The van der Waals surface area contributed by atoms with Gasteiger partial charge in [0.2, 0.25) is 0 Å². The van der Waals surface area contributed by atoms with Gasteiger partial charge in [0.1, 0.15) is 5.70 Å². The number of methoxy groups -OCH3 is 2. The Bertz CT molecular complexity index is 540. The fourth-order valence-corrected chi connectivity index (χ4v) is 2.42. The number of para-hydroxylation sites is 1. The minimum atomic E-state index is -0.634. The predicted octanol–water partition coefficient (Wildman–Crippen LogP) is 2.83. The summed E-state index contributed by atoms with van der Waals surface area (Å²) in [5, 5.41) is 3.32. The highest BCUT2D eigenvalue weighted by Crippen LogP contribution is 2.30. The zero-order valence-corrected chi connectivity index (χ0v) is 13.3. The monoisotopic (exact) mass is 309 g/mol. The van der Waals surface area contributed by atoms with Gasteiger partial charge in [-0.2, -0.15) is 0 Å². The van der Waals surface area contributed by atoms with Crippen LogP contribution in [-0.2, 0) is 19.1 Å². The van der Waals surface area contributed by atoms with E-state index in [2.05, 4.69) is 28.6 Å². The van der Waals surface area contributed by atoms with Crippen molar-refractivity contribution in [3.05, 3.63) is 36.0 Å². The molecule has 1 aromatic carbocycles. The smallest absolute Gasteiger partial charge is 0.354 e. The van der Waals surface area contributed by atoms with Crippen molar-refractivity contribution in [1.29, 1.82) is 0 Å². The van der Waals surface area contributed by atoms with Crippen LogP contribution in [-0.4, -0.2) is 31.4 Å². The van der Waals surface area contributed by atoms with Gasteiger partial charge in [0.05, 0.1) is 26.0 Å². The number of ether oxygens (including phenoxy) is 2. The number of hydrogen-bond donors (Lipinski definition) is 1. The van der Waals surface area contributed by atoms with Gasteiger partial charge in [-0.3, -0.25) is 0 Å². The Labute approximate surface area is 128 Å². The second-order valence-electron chi connectivity index (χ2n) is 4.36. The third-order valence-corrected chi connectivity index (χ3v) is 3.47. The van der Waals surface area contributed by atoms with Crippen molar-refractivity contribution in [1.82, 2.24) is 0 Å². The summed E-state index contributed by atoms with van der Waals surface area (Å²) < 4.78 is 9.21. The molecule has 0 amide bonds. The predicted molar refractivity (Wildman–Crippen MR) is 83.2 cm³/mol. The molecule has 0 aromatic heterocycles. The molecule has 0 bridgehead atoms. The molecule has 0 saturated carbocycles. The van der Waals surface area contributed by atoms with Gasteiger partial charge < -0.3 is 14.8 Å². The molecule has 1 rings (SSSR count). The molecule has 0 saturated heterocycles. The number of carbonyl (C=O) groups excluding carboxylic acids is 2. The molecule has 0 atom stereocenters. The summed E-state index contributed by atoms with van der Waals surface area (Å²) >= 11 is 1.65. The highest BCUT2D eigenvalue weighted by Gasteiger charge is 2.14. The fourth-order valence-electron chi connectivity index (χ4n) is 1.50. The topological polar surface area (TPSA) is 64.6 Å². The lowest BCUT2D eigenvalue weighted by Gasteiger charge is -2.14. The normalized spacial score (nSPS) is 11.2. The van der Waals surface area contributed by atoms with Gasteiger partial charge >= 0.3 is 11.9 Å². The Balaban J connectivity index is 3.06. The van der Waals surface area contributed by atoms with Gasteiger partial charge in [-0.1, -0.05) is 26.0 Å². The van der Waals surface area contributed by atoms with Crippen LogP contribution in [0.5, 0.6) is 0 Å². The first-order valence-electron chi connectivity index (χ1n) is 6.38. The van der Waals surface area contributed by atoms with E-state index in [0.717, 1.165) is 16.7 Å². The van der Waals surface area contributed by atoms with Gasteiger partial charge in [-0.25, -0.2) is 9.59 Å². The largest absolute Gasteiger partial charge is 0.466 e. The van der Waals surface area contributed by atoms with Crippen LogP contribution >= 0.6 is 11.8 Å². The Hall–Kier alpha value is -1.95. The summed E-state index contributed by atoms with van der Waals surface area (Å²) in [6.07, 6.45) is 1.07. The number of carbonyl (C=O) groups is 2. The van der Waals surface area contributed by atoms with Crippen LogP contribution in [0.2, 0.25) is 0 Å². The fraction of sp³-hybridized carbons (Fsp3) is 0.333. The maximum atomic E-state index is 11.7. The minimum Gasteiger partial charge on any atom is -0.466 e. The summed E-state index contributed by atoms with van der Waals surface area (Å²) in [4.78, 5) is 24.1. The van der Waals surface area contributed by atoms with Crippen LogP contribution in [0.25, 0.3) is 0 Å². The Morgan fingerprint density at radius 3 is 2.43 bits per heavy atom. The van der Waals surface area contributed by atoms with E-state index in [-0.39, 0.29) is 5.70 Å². The second-order valence-corrected chi connectivity index (χ2v) is 5.98. The third kappa shape index (κ3) is 5.51. The van der Waals surface area contributed by atoms with Gasteiger partial charge in [0, 0.05) is 10.1 Å². The summed E-state index contributed by atoms with van der Waals surface area (Å²) in [7, 11) is 2.50. The van der Waals surface area contributed by atoms with Crippen molar-refractivity contribution >= 4 is 29.4 Å². The maximum Gasteiger partial charge on any atom is 0.354 e. The van der Waals surface area contributed by atoms with Crippen LogP contribution in [0.1, 0.15) is 13.8 Å². The summed E-state index contributed by atoms with van der Waals surface area (Å²) in [6.45, 7) is 4.15. The summed E-state index contributed by atoms with van der Waals surface area (Å²) in [5.74, 6) is -1.26. The SMILES string of the molecule is COC(=O)/C=C(/Nc1ccccc1SC(C)C)C(=O)OC. The summed E-state index contributed by atoms with van der Waals surface area (Å²) in [5.41, 5.74) is 0.762. The van der Waals surface area contributed by atoms with Crippen molar-refractivity contribution < 1.29 is 19.1 Å². The number of hydrogen-bond acceptors (Lipinski definition) is 6. The number of esters is 2. The molecule has 1 N–H and O–H groups in total. The zero-order valence-electron chi connectivity index (χ0n) is 12.5. The quantitative estimate of drug-likeness (QED) is 0.495. The van der Waals surface area contributed by atoms with E-state index >= 15 is 0 Å². The average molecular weight is 309 g/mol. The molecule has 6 heteroatoms. The maximum absolute atomic E-state index is 11.7. The molecule has 114 valence electrons. The van der Waals surface area contributed by atoms with Gasteiger partial charge in [-0.05, 0) is 12.1 Å². The molecule has 1 aromatic rings. The molecule has 0 unspecified atom stereocenters. The van der Waals surface area contributed by atoms with Crippen LogP contribution in [0.4, 0.5) is 5.69 Å². The Kier molecular flexibility index (Phi) is 6.81. The standard InChI is InChI=1S/C15H19NO4S/c1-10(2)21-13-8-6-5-7-11(13)16-12(15(18)20-4)9-14(17)19-3/h5-10,16H,1-4H3/b12-9+. The molecular weight excluding hydrogens is 290 g/mol. The Morgan fingerprint density at radius 1 is 1.19 bits per heavy atom. The lowest BCUT2D eigenvalue weighted by atomic mass is 10.3. The number of thioether (sulfide) groups is 1. The van der Waals surface area contributed by atoms with E-state index in [1.54, 1.807) is 11.8 Å². The van der Waals surface area contributed by atoms with Gasteiger partial charge in [-0.15, -0.1) is 11.8 Å². The molecule has 0 spiro atoms. The minimum absolute atomic E-state index is 0.0288. The molecule has 0 heterocycles. The zero-order chi connectivity index (χ0) is 15.8. The molecule has 0 aliphatic heterocycles. The first kappa shape index (κ1) is 17.1. The van der Waals surface area contributed by atoms with Crippen molar-refractivity contribution in [2.24, 2.45) is 0 Å². The van der Waals surface area contributed by atoms with Crippen LogP contribution in [0.3, 0.4) is 0 Å². The van der Waals surface area contributed by atoms with Gasteiger partial charge in [0.15, 0.2) is 0 Å². The van der Waals surface area contributed by atoms with Crippen molar-refractivity contribution in [3.8, 4) is 0 Å². The first-order chi connectivity index (χ1) is 9.97. The average Bonchev–Trinajstić information content (AvgIpc) is 2.46. The van der Waals surface area contributed by atoms with E-state index in [4.69, 9.17) is 0 Å². The molecule has 0 aliphatic rings. The van der Waals surface area contributed by atoms with E-state index in [0.29, 0.717) is 5.25 Å². The number of anilines is 1. The molecule has 5 nitrogen and oxygen atoms in total. The molecule has 21 heavy (non-hydrogen) atoms. The van der Waals surface area contributed by atoms with Crippen molar-refractivity contribution in [2.75, 3.05) is 19.5 Å². The lowest BCUT2D eigenvalue weighted by Crippen LogP contribution is -2.16. The highest BCUT2D eigenvalue weighted by molar-refractivity contribution is 8.00. The summed E-state index contributed by atoms with van der Waals surface area (Å²) in [6, 6.07) is 7.54. The van der Waals surface area contributed by atoms with E-state index < -0.39 is 11.9 Å². The van der Waals surface area contributed by atoms with Crippen molar-refractivity contribution in [2.45, 2.75) is 24.0 Å². The molecule has 0 aliphatic carbocycles. The number of rotatable bonds is 6. The van der Waals surface area contributed by atoms with Crippen LogP contribution in [0.15, 0.2) is 40.9 Å². The van der Waals surface area contributed by atoms with Crippen LogP contribution < -0.4 is 5.32 Å². The van der Waals surface area contributed by atoms with E-state index in [1.807, 2.05) is 24.3 Å². The van der Waals surface area contributed by atoms with Gasteiger partial charge in [0.25, 0.3) is 0 Å².